The molecule has 0 saturated carbocycles. The van der Waals surface area contributed by atoms with Gasteiger partial charge in [-0.15, -0.1) is 11.8 Å². The van der Waals surface area contributed by atoms with E-state index in [2.05, 4.69) is 4.57 Å². The summed E-state index contributed by atoms with van der Waals surface area (Å²) in [5, 5.41) is 0. The van der Waals surface area contributed by atoms with Gasteiger partial charge < -0.3 is 9.47 Å². The molecule has 1 aliphatic rings. The zero-order valence-corrected chi connectivity index (χ0v) is 18.0. The van der Waals surface area contributed by atoms with E-state index in [-0.39, 0.29) is 17.6 Å². The summed E-state index contributed by atoms with van der Waals surface area (Å²) in [7, 11) is 0. The summed E-state index contributed by atoms with van der Waals surface area (Å²) in [6, 6.07) is 22.7. The van der Waals surface area contributed by atoms with Crippen LogP contribution in [0.2, 0.25) is 0 Å². The highest BCUT2D eigenvalue weighted by Crippen LogP contribution is 2.34. The Balaban J connectivity index is 1.53. The van der Waals surface area contributed by atoms with Crippen molar-refractivity contribution in [2.75, 3.05) is 17.7 Å². The minimum atomic E-state index is -0.232. The number of amides is 1. The van der Waals surface area contributed by atoms with E-state index in [1.807, 2.05) is 65.8 Å². The van der Waals surface area contributed by atoms with Crippen molar-refractivity contribution in [2.45, 2.75) is 23.8 Å². The molecule has 1 aromatic heterocycles. The summed E-state index contributed by atoms with van der Waals surface area (Å²) < 4.78 is 16.5. The van der Waals surface area contributed by atoms with Crippen molar-refractivity contribution in [1.29, 1.82) is 0 Å². The van der Waals surface area contributed by atoms with Gasteiger partial charge in [0.2, 0.25) is 5.91 Å². The van der Waals surface area contributed by atoms with Gasteiger partial charge in [0.25, 0.3) is 0 Å². The zero-order chi connectivity index (χ0) is 21.4. The van der Waals surface area contributed by atoms with E-state index < -0.39 is 0 Å². The summed E-state index contributed by atoms with van der Waals surface area (Å²) in [6.45, 7) is 0.951. The molecule has 1 fully saturated rings. The lowest BCUT2D eigenvalue weighted by atomic mass is 10.1. The number of fused-ring (bicyclic) bond motifs is 1. The van der Waals surface area contributed by atoms with Gasteiger partial charge in [0.05, 0.1) is 17.6 Å². The van der Waals surface area contributed by atoms with E-state index >= 15 is 0 Å². The molecule has 1 aliphatic heterocycles. The van der Waals surface area contributed by atoms with Crippen LogP contribution in [0.5, 0.6) is 0 Å². The van der Waals surface area contributed by atoms with Gasteiger partial charge in [0.15, 0.2) is 0 Å². The number of aromatic nitrogens is 2. The number of nitrogens with zero attached hydrogens (tertiary/aromatic N) is 3. The van der Waals surface area contributed by atoms with Crippen molar-refractivity contribution in [2.24, 2.45) is 0 Å². The second-order valence-electron chi connectivity index (χ2n) is 7.74. The van der Waals surface area contributed by atoms with Crippen molar-refractivity contribution in [3.05, 3.63) is 90.0 Å². The predicted molar refractivity (Wildman–Crippen MR) is 123 cm³/mol. The van der Waals surface area contributed by atoms with E-state index in [1.54, 1.807) is 23.9 Å². The molecule has 1 atom stereocenters. The van der Waals surface area contributed by atoms with Crippen LogP contribution in [0, 0.1) is 5.82 Å². The molecule has 6 heteroatoms. The Morgan fingerprint density at radius 3 is 2.71 bits per heavy atom. The number of thioether (sulfide) groups is 1. The minimum absolute atomic E-state index is 0.0513. The lowest BCUT2D eigenvalue weighted by Crippen LogP contribution is -2.24. The van der Waals surface area contributed by atoms with Crippen LogP contribution < -0.4 is 4.90 Å². The fourth-order valence-corrected chi connectivity index (χ4v) is 4.73. The molecule has 1 saturated heterocycles. The van der Waals surface area contributed by atoms with Crippen LogP contribution in [0.4, 0.5) is 10.1 Å². The molecule has 0 spiro atoms. The summed E-state index contributed by atoms with van der Waals surface area (Å²) in [5.74, 6) is 0.642. The quantitative estimate of drug-likeness (QED) is 0.394. The minimum Gasteiger partial charge on any atom is -0.323 e. The maximum atomic E-state index is 14.4. The standard InChI is InChI=1S/C25H22FN3OS/c1-31-20-9-6-8-19(14-20)28-16-18(13-24(28)30)25-27-22-11-4-5-12-23(22)29(25)15-17-7-2-3-10-21(17)26/h2-12,14,18H,13,15-16H2,1H3. The first kappa shape index (κ1) is 19.8. The number of imidazole rings is 1. The zero-order valence-electron chi connectivity index (χ0n) is 17.2. The van der Waals surface area contributed by atoms with E-state index in [9.17, 15) is 9.18 Å². The molecule has 2 heterocycles. The maximum absolute atomic E-state index is 14.4. The van der Waals surface area contributed by atoms with Gasteiger partial charge in [-0.05, 0) is 42.7 Å². The molecular weight excluding hydrogens is 409 g/mol. The number of anilines is 1. The Morgan fingerprint density at radius 1 is 1.06 bits per heavy atom. The Kier molecular flexibility index (Phi) is 5.24. The number of benzene rings is 3. The van der Waals surface area contributed by atoms with E-state index in [0.29, 0.717) is 25.1 Å². The summed E-state index contributed by atoms with van der Waals surface area (Å²) in [6.07, 6.45) is 2.42. The average Bonchev–Trinajstić information content (AvgIpc) is 3.36. The fraction of sp³-hybridized carbons (Fsp3) is 0.200. The molecule has 156 valence electrons. The van der Waals surface area contributed by atoms with Crippen LogP contribution in [0.1, 0.15) is 23.7 Å². The largest absolute Gasteiger partial charge is 0.323 e. The molecule has 0 radical (unpaired) electrons. The molecule has 0 bridgehead atoms. The van der Waals surface area contributed by atoms with Gasteiger partial charge in [0.1, 0.15) is 11.6 Å². The predicted octanol–water partition coefficient (Wildman–Crippen LogP) is 5.47. The van der Waals surface area contributed by atoms with Crippen molar-refractivity contribution in [3.8, 4) is 0 Å². The van der Waals surface area contributed by atoms with Gasteiger partial charge >= 0.3 is 0 Å². The maximum Gasteiger partial charge on any atom is 0.227 e. The molecule has 31 heavy (non-hydrogen) atoms. The molecule has 0 aliphatic carbocycles. The molecule has 5 rings (SSSR count). The number of hydrogen-bond acceptors (Lipinski definition) is 3. The second kappa shape index (κ2) is 8.19. The van der Waals surface area contributed by atoms with E-state index in [0.717, 1.165) is 27.4 Å². The first-order valence-electron chi connectivity index (χ1n) is 10.3. The highest BCUT2D eigenvalue weighted by molar-refractivity contribution is 7.98. The molecule has 1 unspecified atom stereocenters. The molecule has 3 aromatic carbocycles. The Bertz CT molecular complexity index is 1270. The summed E-state index contributed by atoms with van der Waals surface area (Å²) in [5.41, 5.74) is 3.34. The third-order valence-electron chi connectivity index (χ3n) is 5.83. The molecular formula is C25H22FN3OS. The van der Waals surface area contributed by atoms with Crippen molar-refractivity contribution >= 4 is 34.4 Å². The average molecular weight is 432 g/mol. The smallest absolute Gasteiger partial charge is 0.227 e. The SMILES string of the molecule is CSc1cccc(N2CC(c3nc4ccccc4n3Cc3ccccc3F)CC2=O)c1. The van der Waals surface area contributed by atoms with E-state index in [1.165, 1.54) is 6.07 Å². The fourth-order valence-electron chi connectivity index (χ4n) is 4.28. The van der Waals surface area contributed by atoms with Crippen molar-refractivity contribution in [3.63, 3.8) is 0 Å². The van der Waals surface area contributed by atoms with Crippen molar-refractivity contribution < 1.29 is 9.18 Å². The van der Waals surface area contributed by atoms with Gasteiger partial charge in [-0.3, -0.25) is 4.79 Å². The summed E-state index contributed by atoms with van der Waals surface area (Å²) in [4.78, 5) is 20.8. The van der Waals surface area contributed by atoms with Gasteiger partial charge in [-0.25, -0.2) is 9.37 Å². The Labute approximate surface area is 184 Å². The van der Waals surface area contributed by atoms with Gasteiger partial charge in [-0.2, -0.15) is 0 Å². The number of halogens is 1. The number of rotatable bonds is 5. The third-order valence-corrected chi connectivity index (χ3v) is 6.55. The molecule has 4 nitrogen and oxygen atoms in total. The normalized spacial score (nSPS) is 16.4. The molecule has 4 aromatic rings. The van der Waals surface area contributed by atoms with Crippen LogP contribution in [-0.4, -0.2) is 28.3 Å². The lowest BCUT2D eigenvalue weighted by molar-refractivity contribution is -0.117. The molecule has 1 amide bonds. The third kappa shape index (κ3) is 3.72. The number of para-hydroxylation sites is 2. The first-order chi connectivity index (χ1) is 15.1. The van der Waals surface area contributed by atoms with Crippen LogP contribution >= 0.6 is 11.8 Å². The lowest BCUT2D eigenvalue weighted by Gasteiger charge is -2.18. The monoisotopic (exact) mass is 431 g/mol. The number of carbonyl (C=O) groups is 1. The highest BCUT2D eigenvalue weighted by atomic mass is 32.2. The number of hydrogen-bond donors (Lipinski definition) is 0. The Hall–Kier alpha value is -3.12. The highest BCUT2D eigenvalue weighted by Gasteiger charge is 2.35. The van der Waals surface area contributed by atoms with Crippen LogP contribution in [-0.2, 0) is 11.3 Å². The van der Waals surface area contributed by atoms with Crippen LogP contribution in [0.25, 0.3) is 11.0 Å². The Morgan fingerprint density at radius 2 is 1.87 bits per heavy atom. The van der Waals surface area contributed by atoms with Gasteiger partial charge in [0, 0.05) is 35.0 Å². The van der Waals surface area contributed by atoms with Crippen LogP contribution in [0.15, 0.2) is 77.7 Å². The van der Waals surface area contributed by atoms with E-state index in [4.69, 9.17) is 4.98 Å². The second-order valence-corrected chi connectivity index (χ2v) is 8.62. The van der Waals surface area contributed by atoms with Crippen LogP contribution in [0.3, 0.4) is 0 Å². The summed E-state index contributed by atoms with van der Waals surface area (Å²) >= 11 is 1.66. The molecule has 0 N–H and O–H groups in total. The number of carbonyl (C=O) groups excluding carboxylic acids is 1. The van der Waals surface area contributed by atoms with Gasteiger partial charge in [-0.1, -0.05) is 36.4 Å². The first-order valence-corrected chi connectivity index (χ1v) is 11.5. The van der Waals surface area contributed by atoms with Crippen molar-refractivity contribution in [1.82, 2.24) is 9.55 Å². The topological polar surface area (TPSA) is 38.1 Å².